The van der Waals surface area contributed by atoms with Gasteiger partial charge in [-0.1, -0.05) is 51.1 Å². The van der Waals surface area contributed by atoms with Crippen molar-refractivity contribution in [3.8, 4) is 0 Å². The molecule has 0 aliphatic heterocycles. The fraction of sp³-hybridized carbons (Fsp3) is 0.500. The van der Waals surface area contributed by atoms with E-state index in [9.17, 15) is 14.4 Å². The second kappa shape index (κ2) is 9.70. The van der Waals surface area contributed by atoms with E-state index < -0.39 is 12.0 Å². The number of nitrogens with zero attached hydrogens (tertiary/aromatic N) is 1. The molecule has 0 aliphatic rings. The van der Waals surface area contributed by atoms with E-state index in [4.69, 9.17) is 5.11 Å². The number of carboxylic acids is 1. The van der Waals surface area contributed by atoms with E-state index in [2.05, 4.69) is 5.32 Å². The maximum Gasteiger partial charge on any atom is 0.323 e. The number of amides is 2. The van der Waals surface area contributed by atoms with Gasteiger partial charge in [-0.3, -0.25) is 14.4 Å². The van der Waals surface area contributed by atoms with Crippen molar-refractivity contribution in [3.63, 3.8) is 0 Å². The Balaban J connectivity index is 2.78. The summed E-state index contributed by atoms with van der Waals surface area (Å²) in [6, 6.07) is 8.54. The van der Waals surface area contributed by atoms with E-state index in [-0.39, 0.29) is 30.7 Å². The van der Waals surface area contributed by atoms with Crippen LogP contribution >= 0.6 is 0 Å². The van der Waals surface area contributed by atoms with E-state index in [1.807, 2.05) is 51.1 Å². The van der Waals surface area contributed by atoms with Crippen LogP contribution in [0.3, 0.4) is 0 Å². The lowest BCUT2D eigenvalue weighted by Crippen LogP contribution is -2.52. The van der Waals surface area contributed by atoms with Crippen LogP contribution < -0.4 is 5.32 Å². The largest absolute Gasteiger partial charge is 0.480 e. The Hall–Kier alpha value is -2.37. The third-order valence-electron chi connectivity index (χ3n) is 3.59. The van der Waals surface area contributed by atoms with E-state index in [1.54, 1.807) is 0 Å². The zero-order chi connectivity index (χ0) is 18.1. The van der Waals surface area contributed by atoms with Crippen LogP contribution in [0.5, 0.6) is 0 Å². The van der Waals surface area contributed by atoms with Gasteiger partial charge in [0.15, 0.2) is 0 Å². The predicted molar refractivity (Wildman–Crippen MR) is 91.4 cm³/mol. The van der Waals surface area contributed by atoms with Gasteiger partial charge < -0.3 is 15.3 Å². The fourth-order valence-electron chi connectivity index (χ4n) is 2.42. The van der Waals surface area contributed by atoms with Crippen LogP contribution in [0.4, 0.5) is 0 Å². The van der Waals surface area contributed by atoms with Crippen molar-refractivity contribution in [3.05, 3.63) is 35.9 Å². The van der Waals surface area contributed by atoms with Crippen molar-refractivity contribution in [1.82, 2.24) is 10.2 Å². The van der Waals surface area contributed by atoms with Crippen LogP contribution in [0, 0.1) is 5.92 Å². The molecule has 0 radical (unpaired) electrons. The summed E-state index contributed by atoms with van der Waals surface area (Å²) in [5, 5.41) is 11.7. The van der Waals surface area contributed by atoms with E-state index in [1.165, 1.54) is 4.90 Å². The molecule has 132 valence electrons. The fourth-order valence-corrected chi connectivity index (χ4v) is 2.42. The SMILES string of the molecule is CCCN(CC(=O)O)C(=O)C(NC(=O)Cc1ccccc1)C(C)C. The first-order valence-electron chi connectivity index (χ1n) is 8.19. The summed E-state index contributed by atoms with van der Waals surface area (Å²) in [5.74, 6) is -1.80. The highest BCUT2D eigenvalue weighted by Gasteiger charge is 2.29. The number of hydrogen-bond acceptors (Lipinski definition) is 3. The number of hydrogen-bond donors (Lipinski definition) is 2. The Kier molecular flexibility index (Phi) is 7.95. The summed E-state index contributed by atoms with van der Waals surface area (Å²) in [7, 11) is 0. The van der Waals surface area contributed by atoms with Crippen molar-refractivity contribution in [2.45, 2.75) is 39.7 Å². The molecule has 2 amide bonds. The van der Waals surface area contributed by atoms with Crippen molar-refractivity contribution < 1.29 is 19.5 Å². The van der Waals surface area contributed by atoms with Crippen molar-refractivity contribution in [1.29, 1.82) is 0 Å². The first-order valence-corrected chi connectivity index (χ1v) is 8.19. The topological polar surface area (TPSA) is 86.7 Å². The predicted octanol–water partition coefficient (Wildman–Crippen LogP) is 1.69. The smallest absolute Gasteiger partial charge is 0.323 e. The first kappa shape index (κ1) is 19.7. The molecule has 2 N–H and O–H groups in total. The lowest BCUT2D eigenvalue weighted by molar-refractivity contribution is -0.146. The van der Waals surface area contributed by atoms with Crippen LogP contribution in [0.25, 0.3) is 0 Å². The Morgan fingerprint density at radius 2 is 1.79 bits per heavy atom. The molecule has 0 saturated heterocycles. The number of carbonyl (C=O) groups is 3. The molecular formula is C18H26N2O4. The average Bonchev–Trinajstić information content (AvgIpc) is 2.52. The minimum Gasteiger partial charge on any atom is -0.480 e. The molecule has 0 bridgehead atoms. The number of rotatable bonds is 9. The second-order valence-corrected chi connectivity index (χ2v) is 6.11. The van der Waals surface area contributed by atoms with Crippen LogP contribution in [0.2, 0.25) is 0 Å². The van der Waals surface area contributed by atoms with E-state index in [0.29, 0.717) is 13.0 Å². The first-order chi connectivity index (χ1) is 11.3. The quantitative estimate of drug-likeness (QED) is 0.719. The third-order valence-corrected chi connectivity index (χ3v) is 3.59. The van der Waals surface area contributed by atoms with Crippen LogP contribution in [0.15, 0.2) is 30.3 Å². The molecule has 1 aromatic rings. The number of nitrogens with one attached hydrogen (secondary N) is 1. The second-order valence-electron chi connectivity index (χ2n) is 6.11. The molecule has 0 spiro atoms. The van der Waals surface area contributed by atoms with Crippen molar-refractivity contribution in [2.24, 2.45) is 5.92 Å². The lowest BCUT2D eigenvalue weighted by Gasteiger charge is -2.28. The van der Waals surface area contributed by atoms with E-state index >= 15 is 0 Å². The number of benzene rings is 1. The van der Waals surface area contributed by atoms with Crippen molar-refractivity contribution in [2.75, 3.05) is 13.1 Å². The van der Waals surface area contributed by atoms with Crippen LogP contribution in [0.1, 0.15) is 32.8 Å². The zero-order valence-corrected chi connectivity index (χ0v) is 14.5. The van der Waals surface area contributed by atoms with Gasteiger partial charge in [-0.05, 0) is 17.9 Å². The summed E-state index contributed by atoms with van der Waals surface area (Å²) < 4.78 is 0. The van der Waals surface area contributed by atoms with Gasteiger partial charge in [0.05, 0.1) is 6.42 Å². The molecule has 0 fully saturated rings. The van der Waals surface area contributed by atoms with E-state index in [0.717, 1.165) is 5.56 Å². The van der Waals surface area contributed by atoms with Gasteiger partial charge in [-0.25, -0.2) is 0 Å². The molecule has 0 aliphatic carbocycles. The standard InChI is InChI=1S/C18H26N2O4/c1-4-10-20(12-16(22)23)18(24)17(13(2)3)19-15(21)11-14-8-6-5-7-9-14/h5-9,13,17H,4,10-12H2,1-3H3,(H,19,21)(H,22,23). The van der Waals surface area contributed by atoms with Crippen molar-refractivity contribution >= 4 is 17.8 Å². The minimum atomic E-state index is -1.06. The van der Waals surface area contributed by atoms with Crippen LogP contribution in [-0.4, -0.2) is 46.9 Å². The third kappa shape index (κ3) is 6.40. The summed E-state index contributed by atoms with van der Waals surface area (Å²) in [4.78, 5) is 37.1. The van der Waals surface area contributed by atoms with Gasteiger partial charge in [-0.2, -0.15) is 0 Å². The molecular weight excluding hydrogens is 308 g/mol. The maximum atomic E-state index is 12.6. The Labute approximate surface area is 142 Å². The van der Waals surface area contributed by atoms with Crippen LogP contribution in [-0.2, 0) is 20.8 Å². The molecule has 1 atom stereocenters. The van der Waals surface area contributed by atoms with Gasteiger partial charge in [0, 0.05) is 6.54 Å². The van der Waals surface area contributed by atoms with Gasteiger partial charge >= 0.3 is 5.97 Å². The minimum absolute atomic E-state index is 0.134. The Morgan fingerprint density at radius 3 is 2.29 bits per heavy atom. The van der Waals surface area contributed by atoms with Gasteiger partial charge in [0.1, 0.15) is 12.6 Å². The zero-order valence-electron chi connectivity index (χ0n) is 14.5. The Morgan fingerprint density at radius 1 is 1.17 bits per heavy atom. The summed E-state index contributed by atoms with van der Waals surface area (Å²) in [5.41, 5.74) is 0.862. The lowest BCUT2D eigenvalue weighted by atomic mass is 10.0. The monoisotopic (exact) mass is 334 g/mol. The molecule has 0 saturated carbocycles. The maximum absolute atomic E-state index is 12.6. The summed E-state index contributed by atoms with van der Waals surface area (Å²) in [6.45, 7) is 5.53. The van der Waals surface area contributed by atoms with Gasteiger partial charge in [0.2, 0.25) is 11.8 Å². The highest BCUT2D eigenvalue weighted by atomic mass is 16.4. The molecule has 0 heterocycles. The normalized spacial score (nSPS) is 11.8. The highest BCUT2D eigenvalue weighted by Crippen LogP contribution is 2.08. The molecule has 6 nitrogen and oxygen atoms in total. The van der Waals surface area contributed by atoms with Gasteiger partial charge in [0.25, 0.3) is 0 Å². The van der Waals surface area contributed by atoms with Gasteiger partial charge in [-0.15, -0.1) is 0 Å². The summed E-state index contributed by atoms with van der Waals surface area (Å²) in [6.07, 6.45) is 0.839. The molecule has 24 heavy (non-hydrogen) atoms. The molecule has 0 aromatic heterocycles. The number of carboxylic acid groups (broad SMARTS) is 1. The average molecular weight is 334 g/mol. The molecule has 1 aromatic carbocycles. The molecule has 1 unspecified atom stereocenters. The number of carbonyl (C=O) groups excluding carboxylic acids is 2. The molecule has 1 rings (SSSR count). The highest BCUT2D eigenvalue weighted by molar-refractivity contribution is 5.90. The summed E-state index contributed by atoms with van der Waals surface area (Å²) >= 11 is 0. The number of aliphatic carboxylic acids is 1. The molecule has 6 heteroatoms. The Bertz CT molecular complexity index is 557.